The van der Waals surface area contributed by atoms with Crippen molar-refractivity contribution in [1.29, 1.82) is 0 Å². The van der Waals surface area contributed by atoms with Crippen molar-refractivity contribution in [3.8, 4) is 17.2 Å². The van der Waals surface area contributed by atoms with E-state index in [-0.39, 0.29) is 12.4 Å². The zero-order valence-corrected chi connectivity index (χ0v) is 12.7. The third-order valence-corrected chi connectivity index (χ3v) is 2.85. The van der Waals surface area contributed by atoms with E-state index in [0.717, 1.165) is 22.7 Å². The van der Waals surface area contributed by atoms with E-state index in [0.29, 0.717) is 19.8 Å². The molecule has 0 aliphatic heterocycles. The van der Waals surface area contributed by atoms with Crippen LogP contribution in [0.1, 0.15) is 19.4 Å². The molecule has 2 rings (SSSR count). The fourth-order valence-corrected chi connectivity index (χ4v) is 2.03. The van der Waals surface area contributed by atoms with Crippen molar-refractivity contribution in [2.24, 2.45) is 5.73 Å². The smallest absolute Gasteiger partial charge is 0.163 e. The molecule has 0 fully saturated rings. The third kappa shape index (κ3) is 3.46. The van der Waals surface area contributed by atoms with Gasteiger partial charge in [-0.1, -0.05) is 0 Å². The number of rotatable bonds is 6. The molecule has 20 heavy (non-hydrogen) atoms. The molecule has 110 valence electrons. The molecule has 0 spiro atoms. The molecule has 1 aromatic carbocycles. The third-order valence-electron chi connectivity index (χ3n) is 2.85. The summed E-state index contributed by atoms with van der Waals surface area (Å²) in [6.07, 6.45) is 3.98. The van der Waals surface area contributed by atoms with Gasteiger partial charge in [0.1, 0.15) is 0 Å². The fraction of sp³-hybridized carbons (Fsp3) is 0.333. The lowest BCUT2D eigenvalue weighted by Gasteiger charge is -2.16. The zero-order valence-electron chi connectivity index (χ0n) is 11.8. The Kier molecular flexibility index (Phi) is 6.42. The predicted octanol–water partition coefficient (Wildman–Crippen LogP) is 3.16. The highest BCUT2D eigenvalue weighted by Crippen LogP contribution is 2.33. The molecule has 5 heteroatoms. The van der Waals surface area contributed by atoms with Gasteiger partial charge in [0.05, 0.1) is 18.9 Å². The molecule has 2 N–H and O–H groups in total. The topological polar surface area (TPSA) is 49.4 Å². The van der Waals surface area contributed by atoms with Gasteiger partial charge < -0.3 is 19.8 Å². The Morgan fingerprint density at radius 1 is 1.00 bits per heavy atom. The first-order chi connectivity index (χ1) is 9.30. The molecule has 0 aliphatic carbocycles. The van der Waals surface area contributed by atoms with E-state index < -0.39 is 0 Å². The Labute approximate surface area is 125 Å². The SMILES string of the molecule is CCOc1cc(CN)c(-n2cccc2)cc1OCC.Cl. The van der Waals surface area contributed by atoms with Gasteiger partial charge in [0.2, 0.25) is 0 Å². The Morgan fingerprint density at radius 2 is 1.55 bits per heavy atom. The summed E-state index contributed by atoms with van der Waals surface area (Å²) in [5.74, 6) is 1.51. The summed E-state index contributed by atoms with van der Waals surface area (Å²) >= 11 is 0. The van der Waals surface area contributed by atoms with Crippen LogP contribution in [0.15, 0.2) is 36.7 Å². The highest BCUT2D eigenvalue weighted by atomic mass is 35.5. The van der Waals surface area contributed by atoms with Crippen molar-refractivity contribution in [1.82, 2.24) is 4.57 Å². The maximum atomic E-state index is 5.84. The summed E-state index contributed by atoms with van der Waals surface area (Å²) in [6.45, 7) is 5.58. The lowest BCUT2D eigenvalue weighted by molar-refractivity contribution is 0.287. The van der Waals surface area contributed by atoms with Crippen LogP contribution in [0.25, 0.3) is 5.69 Å². The molecule has 0 radical (unpaired) electrons. The number of halogens is 1. The monoisotopic (exact) mass is 296 g/mol. The molecule has 0 saturated heterocycles. The van der Waals surface area contributed by atoms with Crippen LogP contribution in [0, 0.1) is 0 Å². The van der Waals surface area contributed by atoms with Crippen LogP contribution in [0.3, 0.4) is 0 Å². The first-order valence-corrected chi connectivity index (χ1v) is 6.56. The van der Waals surface area contributed by atoms with Gasteiger partial charge in [-0.2, -0.15) is 0 Å². The van der Waals surface area contributed by atoms with Crippen molar-refractivity contribution < 1.29 is 9.47 Å². The molecule has 1 aromatic heterocycles. The van der Waals surface area contributed by atoms with E-state index >= 15 is 0 Å². The second kappa shape index (κ2) is 7.82. The van der Waals surface area contributed by atoms with Crippen LogP contribution in [0.2, 0.25) is 0 Å². The maximum absolute atomic E-state index is 5.84. The van der Waals surface area contributed by atoms with E-state index in [1.54, 1.807) is 0 Å². The summed E-state index contributed by atoms with van der Waals surface area (Å²) in [4.78, 5) is 0. The van der Waals surface area contributed by atoms with Gasteiger partial charge in [-0.25, -0.2) is 0 Å². The largest absolute Gasteiger partial charge is 0.490 e. The minimum absolute atomic E-state index is 0. The van der Waals surface area contributed by atoms with Crippen LogP contribution >= 0.6 is 12.4 Å². The number of nitrogens with two attached hydrogens (primary N) is 1. The summed E-state index contributed by atoms with van der Waals surface area (Å²) in [5, 5.41) is 0. The molecule has 1 heterocycles. The molecule has 2 aromatic rings. The molecule has 0 bridgehead atoms. The summed E-state index contributed by atoms with van der Waals surface area (Å²) in [5.41, 5.74) is 7.89. The molecule has 4 nitrogen and oxygen atoms in total. The van der Waals surface area contributed by atoms with E-state index in [1.807, 2.05) is 55.1 Å². The number of hydrogen-bond acceptors (Lipinski definition) is 3. The molecular weight excluding hydrogens is 276 g/mol. The summed E-state index contributed by atoms with van der Waals surface area (Å²) in [6, 6.07) is 7.91. The number of aromatic nitrogens is 1. The second-order valence-corrected chi connectivity index (χ2v) is 4.09. The van der Waals surface area contributed by atoms with Gasteiger partial charge >= 0.3 is 0 Å². The maximum Gasteiger partial charge on any atom is 0.163 e. The van der Waals surface area contributed by atoms with Crippen molar-refractivity contribution in [2.45, 2.75) is 20.4 Å². The number of nitrogens with zero attached hydrogens (tertiary/aromatic N) is 1. The lowest BCUT2D eigenvalue weighted by atomic mass is 10.1. The number of ether oxygens (including phenoxy) is 2. The standard InChI is InChI=1S/C15H20N2O2.ClH/c1-3-18-14-9-12(11-16)13(10-15(14)19-4-2)17-7-5-6-8-17;/h5-10H,3-4,11,16H2,1-2H3;1H. The van der Waals surface area contributed by atoms with Crippen LogP contribution < -0.4 is 15.2 Å². The van der Waals surface area contributed by atoms with Crippen LogP contribution in [-0.2, 0) is 6.54 Å². The van der Waals surface area contributed by atoms with Gasteiger partial charge in [0, 0.05) is 25.0 Å². The molecule has 0 unspecified atom stereocenters. The van der Waals surface area contributed by atoms with E-state index in [2.05, 4.69) is 0 Å². The van der Waals surface area contributed by atoms with Gasteiger partial charge in [-0.05, 0) is 37.6 Å². The summed E-state index contributed by atoms with van der Waals surface area (Å²) in [7, 11) is 0. The van der Waals surface area contributed by atoms with Gasteiger partial charge in [0.25, 0.3) is 0 Å². The quantitative estimate of drug-likeness (QED) is 0.891. The highest BCUT2D eigenvalue weighted by Gasteiger charge is 2.12. The van der Waals surface area contributed by atoms with E-state index in [4.69, 9.17) is 15.2 Å². The molecule has 0 amide bonds. The number of hydrogen-bond donors (Lipinski definition) is 1. The Hall–Kier alpha value is -1.65. The summed E-state index contributed by atoms with van der Waals surface area (Å²) < 4.78 is 13.3. The number of benzene rings is 1. The fourth-order valence-electron chi connectivity index (χ4n) is 2.03. The highest BCUT2D eigenvalue weighted by molar-refractivity contribution is 5.85. The normalized spacial score (nSPS) is 9.95. The Balaban J connectivity index is 0.00000200. The van der Waals surface area contributed by atoms with Gasteiger partial charge in [0.15, 0.2) is 11.5 Å². The average Bonchev–Trinajstić information content (AvgIpc) is 2.94. The minimum Gasteiger partial charge on any atom is -0.490 e. The lowest BCUT2D eigenvalue weighted by Crippen LogP contribution is -2.06. The predicted molar refractivity (Wildman–Crippen MR) is 83.2 cm³/mol. The van der Waals surface area contributed by atoms with Crippen molar-refractivity contribution in [2.75, 3.05) is 13.2 Å². The molecule has 0 aliphatic rings. The van der Waals surface area contributed by atoms with E-state index in [9.17, 15) is 0 Å². The van der Waals surface area contributed by atoms with Crippen molar-refractivity contribution >= 4 is 12.4 Å². The molecule has 0 saturated carbocycles. The molecule has 0 atom stereocenters. The van der Waals surface area contributed by atoms with Crippen LogP contribution in [-0.4, -0.2) is 17.8 Å². The average molecular weight is 297 g/mol. The molecular formula is C15H21ClN2O2. The van der Waals surface area contributed by atoms with Crippen molar-refractivity contribution in [3.05, 3.63) is 42.2 Å². The van der Waals surface area contributed by atoms with Gasteiger partial charge in [-0.15, -0.1) is 12.4 Å². The minimum atomic E-state index is 0. The Bertz CT molecular complexity index is 527. The Morgan fingerprint density at radius 3 is 2.05 bits per heavy atom. The van der Waals surface area contributed by atoms with Crippen molar-refractivity contribution in [3.63, 3.8) is 0 Å². The van der Waals surface area contributed by atoms with E-state index in [1.165, 1.54) is 0 Å². The first kappa shape index (κ1) is 16.4. The van der Waals surface area contributed by atoms with Gasteiger partial charge in [-0.3, -0.25) is 0 Å². The zero-order chi connectivity index (χ0) is 13.7. The van der Waals surface area contributed by atoms with Crippen LogP contribution in [0.5, 0.6) is 11.5 Å². The van der Waals surface area contributed by atoms with Crippen LogP contribution in [0.4, 0.5) is 0 Å². The first-order valence-electron chi connectivity index (χ1n) is 6.56. The second-order valence-electron chi connectivity index (χ2n) is 4.09.